The molecule has 1 unspecified atom stereocenters. The van der Waals surface area contributed by atoms with Gasteiger partial charge in [-0.1, -0.05) is 24.3 Å². The molecule has 0 saturated carbocycles. The van der Waals surface area contributed by atoms with Crippen molar-refractivity contribution >= 4 is 11.8 Å². The Morgan fingerprint density at radius 1 is 1.19 bits per heavy atom. The molecule has 1 atom stereocenters. The lowest BCUT2D eigenvalue weighted by molar-refractivity contribution is 0.0342. The van der Waals surface area contributed by atoms with Crippen molar-refractivity contribution in [1.29, 1.82) is 0 Å². The number of anilines is 1. The lowest BCUT2D eigenvalue weighted by Gasteiger charge is -2.26. The molecule has 1 aromatic carbocycles. The zero-order valence-corrected chi connectivity index (χ0v) is 18.1. The monoisotopic (exact) mass is 426 g/mol. The molecule has 0 bridgehead atoms. The van der Waals surface area contributed by atoms with Gasteiger partial charge in [0.15, 0.2) is 17.6 Å². The number of benzene rings is 1. The summed E-state index contributed by atoms with van der Waals surface area (Å²) in [7, 11) is 1.77. The second-order valence-corrected chi connectivity index (χ2v) is 8.02. The zero-order chi connectivity index (χ0) is 21.5. The number of nitrogens with zero attached hydrogens (tertiary/aromatic N) is 4. The summed E-state index contributed by atoms with van der Waals surface area (Å²) in [6.45, 7) is 6.72. The molecule has 1 aromatic heterocycles. The van der Waals surface area contributed by atoms with Crippen LogP contribution in [0, 0.1) is 5.82 Å². The van der Waals surface area contributed by atoms with Gasteiger partial charge in [-0.2, -0.15) is 0 Å². The van der Waals surface area contributed by atoms with Crippen LogP contribution in [0.3, 0.4) is 0 Å². The molecular formula is C23H31FN6O. The van der Waals surface area contributed by atoms with E-state index in [-0.39, 0.29) is 11.9 Å². The van der Waals surface area contributed by atoms with Gasteiger partial charge in [0.1, 0.15) is 0 Å². The Hall–Kier alpha value is -2.71. The fourth-order valence-electron chi connectivity index (χ4n) is 4.11. The van der Waals surface area contributed by atoms with E-state index < -0.39 is 0 Å². The van der Waals surface area contributed by atoms with Crippen molar-refractivity contribution in [3.8, 4) is 0 Å². The molecule has 31 heavy (non-hydrogen) atoms. The van der Waals surface area contributed by atoms with Crippen molar-refractivity contribution in [1.82, 2.24) is 20.5 Å². The van der Waals surface area contributed by atoms with Crippen molar-refractivity contribution in [2.75, 3.05) is 51.3 Å². The van der Waals surface area contributed by atoms with E-state index in [9.17, 15) is 4.39 Å². The number of halogens is 1. The van der Waals surface area contributed by atoms with Gasteiger partial charge < -0.3 is 20.3 Å². The first-order chi connectivity index (χ1) is 15.2. The minimum atomic E-state index is -0.275. The Balaban J connectivity index is 1.27. The fourth-order valence-corrected chi connectivity index (χ4v) is 4.11. The predicted molar refractivity (Wildman–Crippen MR) is 121 cm³/mol. The smallest absolute Gasteiger partial charge is 0.191 e. The number of guanidine groups is 1. The summed E-state index contributed by atoms with van der Waals surface area (Å²) in [6, 6.07) is 11.9. The summed E-state index contributed by atoms with van der Waals surface area (Å²) in [5.74, 6) is 0.904. The quantitative estimate of drug-likeness (QED) is 0.544. The van der Waals surface area contributed by atoms with Gasteiger partial charge >= 0.3 is 0 Å². The van der Waals surface area contributed by atoms with Crippen molar-refractivity contribution in [2.45, 2.75) is 25.6 Å². The number of nitrogens with one attached hydrogen (secondary N) is 2. The van der Waals surface area contributed by atoms with Gasteiger partial charge in [-0.15, -0.1) is 0 Å². The van der Waals surface area contributed by atoms with Crippen molar-refractivity contribution < 1.29 is 9.13 Å². The van der Waals surface area contributed by atoms with E-state index in [1.165, 1.54) is 17.2 Å². The molecular weight excluding hydrogens is 395 g/mol. The van der Waals surface area contributed by atoms with E-state index in [0.29, 0.717) is 18.9 Å². The highest BCUT2D eigenvalue weighted by molar-refractivity contribution is 5.80. The van der Waals surface area contributed by atoms with Crippen LogP contribution in [0.5, 0.6) is 0 Å². The number of aromatic nitrogens is 1. The van der Waals surface area contributed by atoms with Crippen molar-refractivity contribution in [2.24, 2.45) is 4.99 Å². The van der Waals surface area contributed by atoms with E-state index in [1.54, 1.807) is 19.3 Å². The van der Waals surface area contributed by atoms with E-state index >= 15 is 0 Å². The second-order valence-electron chi connectivity index (χ2n) is 8.02. The van der Waals surface area contributed by atoms with Crippen LogP contribution in [0.15, 0.2) is 47.6 Å². The van der Waals surface area contributed by atoms with Crippen LogP contribution in [-0.2, 0) is 17.8 Å². The molecule has 0 aliphatic carbocycles. The molecule has 2 saturated heterocycles. The van der Waals surface area contributed by atoms with Gasteiger partial charge in [0.25, 0.3) is 0 Å². The van der Waals surface area contributed by atoms with E-state index in [1.807, 2.05) is 4.90 Å². The maximum absolute atomic E-state index is 14.0. The number of aliphatic imine (C=N–C) groups is 1. The van der Waals surface area contributed by atoms with Crippen molar-refractivity contribution in [3.05, 3.63) is 59.5 Å². The van der Waals surface area contributed by atoms with E-state index in [2.05, 4.69) is 49.8 Å². The van der Waals surface area contributed by atoms with Gasteiger partial charge in [0.05, 0.1) is 13.2 Å². The summed E-state index contributed by atoms with van der Waals surface area (Å²) in [5.41, 5.74) is 2.53. The summed E-state index contributed by atoms with van der Waals surface area (Å²) in [4.78, 5) is 13.0. The number of rotatable bonds is 6. The number of ether oxygens (including phenoxy) is 1. The molecule has 4 rings (SSSR count). The standard InChI is InChI=1S/C23H31FN6O/c1-25-23(28-20-7-9-30(17-20)22-21(24)6-3-8-26-22)27-15-18-4-2-5-19(14-18)16-29-10-12-31-13-11-29/h2-6,8,14,20H,7,9-13,15-17H2,1H3,(H2,25,27,28). The Labute approximate surface area is 183 Å². The molecule has 2 aliphatic heterocycles. The highest BCUT2D eigenvalue weighted by Gasteiger charge is 2.25. The maximum atomic E-state index is 14.0. The van der Waals surface area contributed by atoms with Crippen LogP contribution in [0.4, 0.5) is 10.2 Å². The van der Waals surface area contributed by atoms with Gasteiger partial charge in [-0.3, -0.25) is 9.89 Å². The third-order valence-electron chi connectivity index (χ3n) is 5.75. The van der Waals surface area contributed by atoms with Gasteiger partial charge in [-0.05, 0) is 29.7 Å². The number of pyridine rings is 1. The maximum Gasteiger partial charge on any atom is 0.191 e. The molecule has 0 radical (unpaired) electrons. The minimum Gasteiger partial charge on any atom is -0.379 e. The average molecular weight is 427 g/mol. The molecule has 2 aliphatic rings. The SMILES string of the molecule is CN=C(NCc1cccc(CN2CCOCC2)c1)NC1CCN(c2ncccc2F)C1. The van der Waals surface area contributed by atoms with Crippen LogP contribution >= 0.6 is 0 Å². The van der Waals surface area contributed by atoms with Gasteiger partial charge in [-0.25, -0.2) is 9.37 Å². The normalized spacial score (nSPS) is 20.1. The molecule has 2 N–H and O–H groups in total. The summed E-state index contributed by atoms with van der Waals surface area (Å²) >= 11 is 0. The lowest BCUT2D eigenvalue weighted by atomic mass is 10.1. The summed E-state index contributed by atoms with van der Waals surface area (Å²) in [5, 5.41) is 6.87. The van der Waals surface area contributed by atoms with Crippen LogP contribution in [0.25, 0.3) is 0 Å². The topological polar surface area (TPSA) is 65.0 Å². The molecule has 3 heterocycles. The first-order valence-electron chi connectivity index (χ1n) is 10.9. The third-order valence-corrected chi connectivity index (χ3v) is 5.75. The van der Waals surface area contributed by atoms with Crippen LogP contribution in [0.1, 0.15) is 17.5 Å². The number of morpholine rings is 1. The highest BCUT2D eigenvalue weighted by Crippen LogP contribution is 2.20. The molecule has 0 amide bonds. The highest BCUT2D eigenvalue weighted by atomic mass is 19.1. The Morgan fingerprint density at radius 2 is 2.03 bits per heavy atom. The Bertz CT molecular complexity index is 886. The van der Waals surface area contributed by atoms with E-state index in [4.69, 9.17) is 4.74 Å². The van der Waals surface area contributed by atoms with Crippen LogP contribution < -0.4 is 15.5 Å². The molecule has 8 heteroatoms. The number of hydrogen-bond acceptors (Lipinski definition) is 5. The van der Waals surface area contributed by atoms with Gasteiger partial charge in [0, 0.05) is 58.6 Å². The molecule has 166 valence electrons. The first-order valence-corrected chi connectivity index (χ1v) is 10.9. The first kappa shape index (κ1) is 21.5. The zero-order valence-electron chi connectivity index (χ0n) is 18.1. The molecule has 0 spiro atoms. The van der Waals surface area contributed by atoms with Crippen molar-refractivity contribution in [3.63, 3.8) is 0 Å². The largest absolute Gasteiger partial charge is 0.379 e. The minimum absolute atomic E-state index is 0.195. The van der Waals surface area contributed by atoms with Crippen LogP contribution in [-0.4, -0.2) is 68.3 Å². The summed E-state index contributed by atoms with van der Waals surface area (Å²) < 4.78 is 19.5. The second kappa shape index (κ2) is 10.5. The Kier molecular flexibility index (Phi) is 7.32. The van der Waals surface area contributed by atoms with Gasteiger partial charge in [0.2, 0.25) is 0 Å². The summed E-state index contributed by atoms with van der Waals surface area (Å²) in [6.07, 6.45) is 2.54. The predicted octanol–water partition coefficient (Wildman–Crippen LogP) is 2.00. The molecule has 2 fully saturated rings. The molecule has 7 nitrogen and oxygen atoms in total. The lowest BCUT2D eigenvalue weighted by Crippen LogP contribution is -2.44. The fraction of sp³-hybridized carbons (Fsp3) is 0.478. The molecule has 2 aromatic rings. The number of hydrogen-bond donors (Lipinski definition) is 2. The third kappa shape index (κ3) is 5.92. The van der Waals surface area contributed by atoms with Crippen LogP contribution in [0.2, 0.25) is 0 Å². The van der Waals surface area contributed by atoms with E-state index in [0.717, 1.165) is 51.8 Å². The average Bonchev–Trinajstić information content (AvgIpc) is 3.26. The Morgan fingerprint density at radius 3 is 2.84 bits per heavy atom.